The first-order valence-corrected chi connectivity index (χ1v) is 5.53. The first kappa shape index (κ1) is 10.6. The minimum absolute atomic E-state index is 0.392. The molecule has 1 aromatic carbocycles. The molecule has 0 fully saturated rings. The molecule has 0 amide bonds. The van der Waals surface area contributed by atoms with Gasteiger partial charge in [0.25, 0.3) is 5.56 Å². The molecule has 0 saturated carbocycles. The topological polar surface area (TPSA) is 59.8 Å². The Hall–Kier alpha value is -2.56. The fourth-order valence-electron chi connectivity index (χ4n) is 2.12. The molecule has 5 nitrogen and oxygen atoms in total. The first-order chi connectivity index (χ1) is 8.66. The molecule has 1 N–H and O–H groups in total. The summed E-state index contributed by atoms with van der Waals surface area (Å²) in [4.78, 5) is 25.1. The van der Waals surface area contributed by atoms with Crippen molar-refractivity contribution in [2.45, 2.75) is 0 Å². The fraction of sp³-hybridized carbons (Fsp3) is 0.0769. The lowest BCUT2D eigenvalue weighted by Crippen LogP contribution is -2.27. The van der Waals surface area contributed by atoms with Crippen molar-refractivity contribution in [1.82, 2.24) is 14.1 Å². The van der Waals surface area contributed by atoms with Gasteiger partial charge in [-0.2, -0.15) is 0 Å². The average molecular weight is 241 g/mol. The summed E-state index contributed by atoms with van der Waals surface area (Å²) in [6.45, 7) is 0. The van der Waals surface area contributed by atoms with Crippen molar-refractivity contribution in [3.8, 4) is 5.69 Å². The molecule has 0 radical (unpaired) electrons. The van der Waals surface area contributed by atoms with Crippen molar-refractivity contribution in [1.29, 1.82) is 0 Å². The molecule has 0 saturated heterocycles. The van der Waals surface area contributed by atoms with Gasteiger partial charge in [0.1, 0.15) is 0 Å². The largest absolute Gasteiger partial charge is 0.348 e. The van der Waals surface area contributed by atoms with Crippen molar-refractivity contribution < 1.29 is 0 Å². The number of fused-ring (bicyclic) bond motifs is 1. The third-order valence-corrected chi connectivity index (χ3v) is 2.96. The van der Waals surface area contributed by atoms with Gasteiger partial charge in [-0.3, -0.25) is 14.3 Å². The van der Waals surface area contributed by atoms with E-state index < -0.39 is 11.2 Å². The molecular weight excluding hydrogens is 230 g/mol. The molecular formula is C13H11N3O2. The molecule has 0 aliphatic heterocycles. The molecule has 18 heavy (non-hydrogen) atoms. The number of H-pyrrole nitrogens is 1. The lowest BCUT2D eigenvalue weighted by molar-refractivity contribution is 0.886. The Morgan fingerprint density at radius 3 is 2.67 bits per heavy atom. The maximum absolute atomic E-state index is 11.8. The molecule has 5 heteroatoms. The number of aryl methyl sites for hydroxylation is 1. The highest BCUT2D eigenvalue weighted by Crippen LogP contribution is 2.22. The maximum Gasteiger partial charge on any atom is 0.332 e. The van der Waals surface area contributed by atoms with E-state index in [-0.39, 0.29) is 0 Å². The Balaban J connectivity index is 2.39. The van der Waals surface area contributed by atoms with Crippen LogP contribution in [0.4, 0.5) is 0 Å². The second kappa shape index (κ2) is 3.73. The van der Waals surface area contributed by atoms with Crippen molar-refractivity contribution in [2.75, 3.05) is 0 Å². The molecule has 0 aliphatic carbocycles. The van der Waals surface area contributed by atoms with Gasteiger partial charge < -0.3 is 4.57 Å². The second-order valence-corrected chi connectivity index (χ2v) is 4.12. The van der Waals surface area contributed by atoms with Gasteiger partial charge in [-0.25, -0.2) is 4.79 Å². The summed E-state index contributed by atoms with van der Waals surface area (Å²) in [6, 6.07) is 9.13. The molecule has 3 aromatic rings. The monoisotopic (exact) mass is 241 g/mol. The number of aromatic nitrogens is 3. The average Bonchev–Trinajstić information content (AvgIpc) is 2.68. The Labute approximate surface area is 102 Å². The number of hydrogen-bond acceptors (Lipinski definition) is 2. The van der Waals surface area contributed by atoms with Gasteiger partial charge >= 0.3 is 5.69 Å². The zero-order chi connectivity index (χ0) is 12.7. The van der Waals surface area contributed by atoms with Gasteiger partial charge in [-0.15, -0.1) is 0 Å². The molecule has 2 aromatic heterocycles. The summed E-state index contributed by atoms with van der Waals surface area (Å²) in [7, 11) is 1.92. The smallest absolute Gasteiger partial charge is 0.332 e. The van der Waals surface area contributed by atoms with E-state index in [0.717, 1.165) is 16.6 Å². The van der Waals surface area contributed by atoms with Crippen molar-refractivity contribution in [3.05, 3.63) is 63.6 Å². The molecule has 0 spiro atoms. The highest BCUT2D eigenvalue weighted by atomic mass is 16.2. The van der Waals surface area contributed by atoms with E-state index in [1.54, 1.807) is 0 Å². The minimum atomic E-state index is -0.432. The van der Waals surface area contributed by atoms with Crippen molar-refractivity contribution in [3.63, 3.8) is 0 Å². The van der Waals surface area contributed by atoms with Gasteiger partial charge in [0.2, 0.25) is 0 Å². The number of rotatable bonds is 1. The third-order valence-electron chi connectivity index (χ3n) is 2.96. The molecule has 0 bridgehead atoms. The predicted octanol–water partition coefficient (Wildman–Crippen LogP) is 1.02. The number of hydrogen-bond donors (Lipinski definition) is 1. The standard InChI is InChI=1S/C13H11N3O2/c1-15-8-11(9-4-2-3-5-10(9)15)16-7-6-12(17)14-13(16)18/h2-8H,1H3,(H,14,17,18). The molecule has 0 aliphatic rings. The van der Waals surface area contributed by atoms with E-state index in [2.05, 4.69) is 4.98 Å². The minimum Gasteiger partial charge on any atom is -0.348 e. The van der Waals surface area contributed by atoms with E-state index in [1.165, 1.54) is 16.8 Å². The van der Waals surface area contributed by atoms with Crippen LogP contribution in [0.2, 0.25) is 0 Å². The van der Waals surface area contributed by atoms with Crippen LogP contribution < -0.4 is 11.2 Å². The van der Waals surface area contributed by atoms with E-state index in [4.69, 9.17) is 0 Å². The Bertz CT molecular complexity index is 839. The predicted molar refractivity (Wildman–Crippen MR) is 69.1 cm³/mol. The van der Waals surface area contributed by atoms with Crippen LogP contribution in [0.1, 0.15) is 0 Å². The normalized spacial score (nSPS) is 10.9. The van der Waals surface area contributed by atoms with E-state index in [0.29, 0.717) is 0 Å². The molecule has 90 valence electrons. The zero-order valence-corrected chi connectivity index (χ0v) is 9.75. The van der Waals surface area contributed by atoms with Crippen LogP contribution in [-0.2, 0) is 7.05 Å². The number of para-hydroxylation sites is 1. The maximum atomic E-state index is 11.8. The van der Waals surface area contributed by atoms with Gasteiger partial charge in [-0.1, -0.05) is 18.2 Å². The third kappa shape index (κ3) is 1.48. The van der Waals surface area contributed by atoms with Crippen LogP contribution in [0, 0.1) is 0 Å². The summed E-state index contributed by atoms with van der Waals surface area (Å²) in [5, 5.41) is 0.967. The van der Waals surface area contributed by atoms with Gasteiger partial charge in [0.15, 0.2) is 0 Å². The number of nitrogens with one attached hydrogen (secondary N) is 1. The summed E-state index contributed by atoms with van der Waals surface area (Å²) < 4.78 is 3.38. The first-order valence-electron chi connectivity index (χ1n) is 5.53. The van der Waals surface area contributed by atoms with Crippen molar-refractivity contribution >= 4 is 10.9 Å². The molecule has 3 rings (SSSR count). The van der Waals surface area contributed by atoms with E-state index >= 15 is 0 Å². The summed E-state index contributed by atoms with van der Waals surface area (Å²) >= 11 is 0. The zero-order valence-electron chi connectivity index (χ0n) is 9.75. The van der Waals surface area contributed by atoms with Crippen LogP contribution in [0.5, 0.6) is 0 Å². The van der Waals surface area contributed by atoms with Crippen LogP contribution in [-0.4, -0.2) is 14.1 Å². The number of nitrogens with zero attached hydrogens (tertiary/aromatic N) is 2. The van der Waals surface area contributed by atoms with Crippen LogP contribution >= 0.6 is 0 Å². The van der Waals surface area contributed by atoms with Gasteiger partial charge in [0.05, 0.1) is 5.69 Å². The van der Waals surface area contributed by atoms with Crippen LogP contribution in [0.3, 0.4) is 0 Å². The number of aromatic amines is 1. The molecule has 0 atom stereocenters. The van der Waals surface area contributed by atoms with E-state index in [1.807, 2.05) is 42.1 Å². The van der Waals surface area contributed by atoms with Crippen LogP contribution in [0.15, 0.2) is 52.3 Å². The quantitative estimate of drug-likeness (QED) is 0.691. The highest BCUT2D eigenvalue weighted by molar-refractivity contribution is 5.88. The Morgan fingerprint density at radius 1 is 1.11 bits per heavy atom. The lowest BCUT2D eigenvalue weighted by Gasteiger charge is -2.01. The van der Waals surface area contributed by atoms with Crippen molar-refractivity contribution in [2.24, 2.45) is 7.05 Å². The van der Waals surface area contributed by atoms with Crippen LogP contribution in [0.25, 0.3) is 16.6 Å². The Morgan fingerprint density at radius 2 is 1.89 bits per heavy atom. The molecule has 2 heterocycles. The molecule has 0 unspecified atom stereocenters. The van der Waals surface area contributed by atoms with Gasteiger partial charge in [0, 0.05) is 36.4 Å². The summed E-state index contributed by atoms with van der Waals surface area (Å²) in [6.07, 6.45) is 3.35. The highest BCUT2D eigenvalue weighted by Gasteiger charge is 2.08. The fourth-order valence-corrected chi connectivity index (χ4v) is 2.12. The lowest BCUT2D eigenvalue weighted by atomic mass is 10.2. The SMILES string of the molecule is Cn1cc(-n2ccc(=O)[nH]c2=O)c2ccccc21. The summed E-state index contributed by atoms with van der Waals surface area (Å²) in [5.41, 5.74) is 0.968. The second-order valence-electron chi connectivity index (χ2n) is 4.12. The Kier molecular flexibility index (Phi) is 2.19. The van der Waals surface area contributed by atoms with E-state index in [9.17, 15) is 9.59 Å². The number of benzene rings is 1. The summed E-state index contributed by atoms with van der Waals surface area (Å²) in [5.74, 6) is 0. The van der Waals surface area contributed by atoms with Gasteiger partial charge in [-0.05, 0) is 6.07 Å².